The van der Waals surface area contributed by atoms with Gasteiger partial charge < -0.3 is 19.7 Å². The normalized spacial score (nSPS) is 19.1. The Balaban J connectivity index is 1.12. The molecule has 39 heavy (non-hydrogen) atoms. The summed E-state index contributed by atoms with van der Waals surface area (Å²) in [6, 6.07) is 10.9. The number of nitrogens with one attached hydrogen (secondary N) is 1. The predicted octanol–water partition coefficient (Wildman–Crippen LogP) is 2.77. The predicted molar refractivity (Wildman–Crippen MR) is 138 cm³/mol. The van der Waals surface area contributed by atoms with Crippen LogP contribution in [0.25, 0.3) is 5.82 Å². The Kier molecular flexibility index (Phi) is 6.47. The zero-order chi connectivity index (χ0) is 27.1. The second kappa shape index (κ2) is 10.1. The first kappa shape index (κ1) is 25.0. The van der Waals surface area contributed by atoms with Crippen LogP contribution in [0, 0.1) is 19.7 Å². The summed E-state index contributed by atoms with van der Waals surface area (Å²) in [7, 11) is 0. The Bertz CT molecular complexity index is 1430. The second-order valence-electron chi connectivity index (χ2n) is 9.87. The molecular formula is C27H28FN7O4. The van der Waals surface area contributed by atoms with Gasteiger partial charge in [0.05, 0.1) is 61.5 Å². The molecule has 12 heteroatoms. The van der Waals surface area contributed by atoms with E-state index in [1.54, 1.807) is 25.0 Å². The molecule has 3 amide bonds. The number of hydrogen-bond donors (Lipinski definition) is 1. The third-order valence-electron chi connectivity index (χ3n) is 7.14. The van der Waals surface area contributed by atoms with E-state index in [2.05, 4.69) is 20.5 Å². The van der Waals surface area contributed by atoms with Crippen LogP contribution in [0.15, 0.2) is 47.7 Å². The smallest absolute Gasteiger partial charge is 0.341 e. The number of urea groups is 1. The van der Waals surface area contributed by atoms with E-state index in [1.165, 1.54) is 15.8 Å². The topological polar surface area (TPSA) is 114 Å². The van der Waals surface area contributed by atoms with Gasteiger partial charge in [-0.1, -0.05) is 30.3 Å². The summed E-state index contributed by atoms with van der Waals surface area (Å²) in [5, 5.41) is 13.2. The summed E-state index contributed by atoms with van der Waals surface area (Å²) in [6.07, 6.45) is 3.08. The van der Waals surface area contributed by atoms with Gasteiger partial charge in [0.1, 0.15) is 6.10 Å². The first-order chi connectivity index (χ1) is 18.9. The van der Waals surface area contributed by atoms with E-state index in [4.69, 9.17) is 9.47 Å². The number of aryl methyl sites for hydroxylation is 1. The summed E-state index contributed by atoms with van der Waals surface area (Å²) < 4.78 is 27.2. The van der Waals surface area contributed by atoms with Crippen molar-refractivity contribution in [1.82, 2.24) is 30.0 Å². The summed E-state index contributed by atoms with van der Waals surface area (Å²) >= 11 is 0. The van der Waals surface area contributed by atoms with Crippen molar-refractivity contribution < 1.29 is 23.5 Å². The minimum atomic E-state index is -0.624. The van der Waals surface area contributed by atoms with Gasteiger partial charge in [0.25, 0.3) is 5.91 Å². The number of carbonyl (C=O) groups excluding carboxylic acids is 2. The number of aromatic nitrogens is 3. The van der Waals surface area contributed by atoms with Crippen LogP contribution in [0.5, 0.6) is 5.75 Å². The quantitative estimate of drug-likeness (QED) is 0.521. The first-order valence-corrected chi connectivity index (χ1v) is 12.8. The van der Waals surface area contributed by atoms with E-state index in [1.807, 2.05) is 30.3 Å². The Morgan fingerprint density at radius 1 is 1.15 bits per heavy atom. The summed E-state index contributed by atoms with van der Waals surface area (Å²) in [5.74, 6) is -0.536. The average Bonchev–Trinajstić information content (AvgIpc) is 3.49. The van der Waals surface area contributed by atoms with Gasteiger partial charge in [-0.3, -0.25) is 4.79 Å². The number of amides is 3. The highest BCUT2D eigenvalue weighted by atomic mass is 19.1. The van der Waals surface area contributed by atoms with Crippen LogP contribution < -0.4 is 10.1 Å². The van der Waals surface area contributed by atoms with Crippen LogP contribution >= 0.6 is 0 Å². The lowest BCUT2D eigenvalue weighted by molar-refractivity contribution is -0.00348. The maximum absolute atomic E-state index is 14.6. The lowest BCUT2D eigenvalue weighted by Gasteiger charge is -2.41. The van der Waals surface area contributed by atoms with Crippen LogP contribution in [-0.4, -0.2) is 81.3 Å². The Morgan fingerprint density at radius 3 is 2.64 bits per heavy atom. The molecule has 3 aliphatic rings. The molecule has 2 aromatic heterocycles. The molecule has 0 aliphatic carbocycles. The van der Waals surface area contributed by atoms with Crippen molar-refractivity contribution in [2.24, 2.45) is 5.10 Å². The van der Waals surface area contributed by atoms with E-state index in [-0.39, 0.29) is 35.9 Å². The van der Waals surface area contributed by atoms with Gasteiger partial charge >= 0.3 is 6.03 Å². The standard InChI is InChI=1S/C27H28FN7O4/c1-16-25(26(36)31-19-14-38-15-19)17(2)34(32-16)24-10-23(21(28)11-29-24)39-20-12-33(13-20)27(37)35-22(8-9-30-35)18-6-4-3-5-7-18/h3-7,9-11,19-20,22H,8,12-15H2,1-2H3,(H,31,36). The Labute approximate surface area is 224 Å². The minimum absolute atomic E-state index is 0.00336. The summed E-state index contributed by atoms with van der Waals surface area (Å²) in [6.45, 7) is 5.08. The van der Waals surface area contributed by atoms with Crippen molar-refractivity contribution in [3.05, 3.63) is 70.9 Å². The zero-order valence-electron chi connectivity index (χ0n) is 21.6. The molecule has 202 valence electrons. The highest BCUT2D eigenvalue weighted by Gasteiger charge is 2.39. The first-order valence-electron chi connectivity index (χ1n) is 12.8. The molecule has 1 unspecified atom stereocenters. The number of rotatable bonds is 6. The highest BCUT2D eigenvalue weighted by molar-refractivity contribution is 5.96. The summed E-state index contributed by atoms with van der Waals surface area (Å²) in [4.78, 5) is 31.6. The number of carbonyl (C=O) groups is 2. The average molecular weight is 534 g/mol. The van der Waals surface area contributed by atoms with Crippen LogP contribution in [0.2, 0.25) is 0 Å². The number of benzene rings is 1. The third-order valence-corrected chi connectivity index (χ3v) is 7.14. The van der Waals surface area contributed by atoms with E-state index < -0.39 is 5.82 Å². The van der Waals surface area contributed by atoms with Crippen LogP contribution in [0.4, 0.5) is 9.18 Å². The van der Waals surface area contributed by atoms with Crippen molar-refractivity contribution in [2.45, 2.75) is 38.5 Å². The molecule has 0 spiro atoms. The molecule has 3 aliphatic heterocycles. The Hall–Kier alpha value is -4.32. The van der Waals surface area contributed by atoms with Crippen molar-refractivity contribution in [3.8, 4) is 11.6 Å². The van der Waals surface area contributed by atoms with Gasteiger partial charge in [-0.15, -0.1) is 0 Å². The van der Waals surface area contributed by atoms with Gasteiger partial charge in [0.2, 0.25) is 0 Å². The van der Waals surface area contributed by atoms with Gasteiger partial charge in [-0.25, -0.2) is 23.9 Å². The number of pyridine rings is 1. The number of hydrogen-bond acceptors (Lipinski definition) is 7. The van der Waals surface area contributed by atoms with Crippen LogP contribution in [0.3, 0.4) is 0 Å². The van der Waals surface area contributed by atoms with E-state index in [0.29, 0.717) is 55.5 Å². The molecule has 0 radical (unpaired) electrons. The fourth-order valence-electron chi connectivity index (χ4n) is 4.93. The van der Waals surface area contributed by atoms with Crippen molar-refractivity contribution >= 4 is 18.2 Å². The number of nitrogens with zero attached hydrogens (tertiary/aromatic N) is 6. The second-order valence-corrected chi connectivity index (χ2v) is 9.87. The number of likely N-dealkylation sites (tertiary alicyclic amines) is 1. The fraction of sp³-hybridized carbons (Fsp3) is 0.370. The number of ether oxygens (including phenoxy) is 2. The maximum Gasteiger partial charge on any atom is 0.341 e. The molecule has 11 nitrogen and oxygen atoms in total. The molecule has 1 N–H and O–H groups in total. The summed E-state index contributed by atoms with van der Waals surface area (Å²) in [5.41, 5.74) is 2.58. The molecule has 0 saturated carbocycles. The lowest BCUT2D eigenvalue weighted by atomic mass is 10.0. The minimum Gasteiger partial charge on any atom is -0.483 e. The van der Waals surface area contributed by atoms with Gasteiger partial charge in [0.15, 0.2) is 17.4 Å². The molecule has 2 saturated heterocycles. The maximum atomic E-state index is 14.6. The van der Waals surface area contributed by atoms with Crippen molar-refractivity contribution in [3.63, 3.8) is 0 Å². The molecule has 1 aromatic carbocycles. The van der Waals surface area contributed by atoms with Crippen LogP contribution in [-0.2, 0) is 4.74 Å². The molecule has 3 aromatic rings. The molecule has 0 bridgehead atoms. The zero-order valence-corrected chi connectivity index (χ0v) is 21.6. The lowest BCUT2D eigenvalue weighted by Crippen LogP contribution is -2.58. The van der Waals surface area contributed by atoms with E-state index in [0.717, 1.165) is 11.8 Å². The largest absolute Gasteiger partial charge is 0.483 e. The van der Waals surface area contributed by atoms with Crippen molar-refractivity contribution in [1.29, 1.82) is 0 Å². The molecule has 2 fully saturated rings. The molecule has 5 heterocycles. The van der Waals surface area contributed by atoms with E-state index in [9.17, 15) is 14.0 Å². The molecular weight excluding hydrogens is 505 g/mol. The number of hydrazone groups is 1. The third kappa shape index (κ3) is 4.71. The Morgan fingerprint density at radius 2 is 1.92 bits per heavy atom. The van der Waals surface area contributed by atoms with Crippen molar-refractivity contribution in [2.75, 3.05) is 26.3 Å². The van der Waals surface area contributed by atoms with Gasteiger partial charge in [-0.05, 0) is 19.4 Å². The highest BCUT2D eigenvalue weighted by Crippen LogP contribution is 2.31. The molecule has 6 rings (SSSR count). The molecule has 1 atom stereocenters. The van der Waals surface area contributed by atoms with E-state index >= 15 is 0 Å². The monoisotopic (exact) mass is 533 g/mol. The van der Waals surface area contributed by atoms with Crippen LogP contribution in [0.1, 0.15) is 39.8 Å². The fourth-order valence-corrected chi connectivity index (χ4v) is 4.93. The SMILES string of the molecule is Cc1nn(-c2cc(OC3CN(C(=O)N4N=CCC4c4ccccc4)C3)c(F)cn2)c(C)c1C(=O)NC1COC1. The van der Waals surface area contributed by atoms with Gasteiger partial charge in [0, 0.05) is 18.7 Å². The number of halogens is 1. The van der Waals surface area contributed by atoms with Gasteiger partial charge in [-0.2, -0.15) is 10.2 Å².